The van der Waals surface area contributed by atoms with E-state index in [0.29, 0.717) is 12.6 Å². The van der Waals surface area contributed by atoms with Gasteiger partial charge in [0.2, 0.25) is 5.91 Å². The molecule has 1 amide bonds. The summed E-state index contributed by atoms with van der Waals surface area (Å²) in [5, 5.41) is 6.51. The molecule has 0 heterocycles. The molecule has 3 nitrogen and oxygen atoms in total. The molecule has 0 unspecified atom stereocenters. The second-order valence-electron chi connectivity index (χ2n) is 6.65. The lowest BCUT2D eigenvalue weighted by Crippen LogP contribution is -2.50. The van der Waals surface area contributed by atoms with Crippen LogP contribution in [0, 0.1) is 0 Å². The lowest BCUT2D eigenvalue weighted by atomic mass is 9.86. The first-order chi connectivity index (χ1) is 11.1. The van der Waals surface area contributed by atoms with Gasteiger partial charge in [-0.15, -0.1) is 12.4 Å². The monoisotopic (exact) mass is 344 g/mol. The zero-order valence-electron chi connectivity index (χ0n) is 14.2. The van der Waals surface area contributed by atoms with Crippen molar-refractivity contribution in [1.82, 2.24) is 10.6 Å². The Morgan fingerprint density at radius 1 is 1.00 bits per heavy atom. The molecule has 24 heavy (non-hydrogen) atoms. The maximum Gasteiger partial charge on any atom is 0.234 e. The molecule has 0 atom stereocenters. The molecule has 1 aliphatic carbocycles. The number of benzene rings is 2. The fourth-order valence-corrected chi connectivity index (χ4v) is 3.34. The Morgan fingerprint density at radius 3 is 2.08 bits per heavy atom. The number of hydrogen-bond donors (Lipinski definition) is 2. The SMILES string of the molecule is CC(C)NCC(=O)NC1(c2ccccc2)Cc2ccccc2C1.Cl. The predicted octanol–water partition coefficient (Wildman–Crippen LogP) is 3.22. The van der Waals surface area contributed by atoms with Crippen molar-refractivity contribution in [3.63, 3.8) is 0 Å². The van der Waals surface area contributed by atoms with Crippen LogP contribution >= 0.6 is 12.4 Å². The lowest BCUT2D eigenvalue weighted by Gasteiger charge is -2.31. The van der Waals surface area contributed by atoms with Crippen molar-refractivity contribution in [2.75, 3.05) is 6.54 Å². The van der Waals surface area contributed by atoms with Gasteiger partial charge in [0, 0.05) is 18.9 Å². The van der Waals surface area contributed by atoms with Crippen LogP contribution in [0.5, 0.6) is 0 Å². The van der Waals surface area contributed by atoms with Gasteiger partial charge in [0.05, 0.1) is 12.1 Å². The summed E-state index contributed by atoms with van der Waals surface area (Å²) in [6.45, 7) is 4.44. The Bertz CT molecular complexity index is 660. The van der Waals surface area contributed by atoms with Crippen molar-refractivity contribution in [1.29, 1.82) is 0 Å². The molecule has 0 aromatic heterocycles. The summed E-state index contributed by atoms with van der Waals surface area (Å²) in [6, 6.07) is 19.1. The number of halogens is 1. The van der Waals surface area contributed by atoms with Gasteiger partial charge in [-0.3, -0.25) is 4.79 Å². The number of carbonyl (C=O) groups is 1. The van der Waals surface area contributed by atoms with Gasteiger partial charge in [-0.2, -0.15) is 0 Å². The van der Waals surface area contributed by atoms with Gasteiger partial charge in [0.1, 0.15) is 0 Å². The molecule has 2 N–H and O–H groups in total. The zero-order valence-corrected chi connectivity index (χ0v) is 15.0. The second-order valence-corrected chi connectivity index (χ2v) is 6.65. The third kappa shape index (κ3) is 3.97. The van der Waals surface area contributed by atoms with Gasteiger partial charge in [-0.05, 0) is 16.7 Å². The third-order valence-corrected chi connectivity index (χ3v) is 4.48. The fraction of sp³-hybridized carbons (Fsp3) is 0.350. The molecule has 0 radical (unpaired) electrons. The average molecular weight is 345 g/mol. The maximum absolute atomic E-state index is 12.5. The summed E-state index contributed by atoms with van der Waals surface area (Å²) in [4.78, 5) is 12.5. The molecule has 128 valence electrons. The molecule has 0 bridgehead atoms. The highest BCUT2D eigenvalue weighted by Gasteiger charge is 2.39. The van der Waals surface area contributed by atoms with E-state index >= 15 is 0 Å². The quantitative estimate of drug-likeness (QED) is 0.874. The highest BCUT2D eigenvalue weighted by molar-refractivity contribution is 5.85. The highest BCUT2D eigenvalue weighted by Crippen LogP contribution is 2.37. The van der Waals surface area contributed by atoms with Gasteiger partial charge >= 0.3 is 0 Å². The van der Waals surface area contributed by atoms with E-state index in [1.165, 1.54) is 16.7 Å². The summed E-state index contributed by atoms with van der Waals surface area (Å²) >= 11 is 0. The number of carbonyl (C=O) groups excluding carboxylic acids is 1. The van der Waals surface area contributed by atoms with Crippen LogP contribution in [0.3, 0.4) is 0 Å². The summed E-state index contributed by atoms with van der Waals surface area (Å²) < 4.78 is 0. The van der Waals surface area contributed by atoms with E-state index in [1.807, 2.05) is 32.0 Å². The molecule has 0 saturated carbocycles. The van der Waals surface area contributed by atoms with E-state index in [2.05, 4.69) is 47.0 Å². The Morgan fingerprint density at radius 2 is 1.54 bits per heavy atom. The molecule has 3 rings (SSSR count). The van der Waals surface area contributed by atoms with Crippen LogP contribution in [0.1, 0.15) is 30.5 Å². The van der Waals surface area contributed by atoms with Crippen LogP contribution in [-0.2, 0) is 23.2 Å². The first-order valence-corrected chi connectivity index (χ1v) is 8.26. The van der Waals surface area contributed by atoms with Crippen molar-refractivity contribution in [2.45, 2.75) is 38.3 Å². The van der Waals surface area contributed by atoms with Gasteiger partial charge in [-0.25, -0.2) is 0 Å². The van der Waals surface area contributed by atoms with Crippen molar-refractivity contribution >= 4 is 18.3 Å². The molecule has 2 aromatic rings. The predicted molar refractivity (Wildman–Crippen MR) is 100 cm³/mol. The van der Waals surface area contributed by atoms with Crippen LogP contribution in [0.15, 0.2) is 54.6 Å². The minimum Gasteiger partial charge on any atom is -0.345 e. The van der Waals surface area contributed by atoms with E-state index in [-0.39, 0.29) is 23.9 Å². The third-order valence-electron chi connectivity index (χ3n) is 4.48. The number of nitrogens with one attached hydrogen (secondary N) is 2. The van der Waals surface area contributed by atoms with Crippen molar-refractivity contribution < 1.29 is 4.79 Å². The van der Waals surface area contributed by atoms with Gasteiger partial charge in [0.25, 0.3) is 0 Å². The van der Waals surface area contributed by atoms with Crippen LogP contribution in [0.2, 0.25) is 0 Å². The maximum atomic E-state index is 12.5. The Labute approximate surface area is 150 Å². The molecule has 0 saturated heterocycles. The normalized spacial score (nSPS) is 14.8. The molecule has 0 aliphatic heterocycles. The summed E-state index contributed by atoms with van der Waals surface area (Å²) in [7, 11) is 0. The molecule has 4 heteroatoms. The number of amides is 1. The number of hydrogen-bond acceptors (Lipinski definition) is 2. The molecule has 1 aliphatic rings. The molecule has 0 fully saturated rings. The van der Waals surface area contributed by atoms with E-state index in [9.17, 15) is 4.79 Å². The van der Waals surface area contributed by atoms with Crippen molar-refractivity contribution in [3.05, 3.63) is 71.3 Å². The van der Waals surface area contributed by atoms with Crippen LogP contribution in [0.4, 0.5) is 0 Å². The van der Waals surface area contributed by atoms with Crippen molar-refractivity contribution in [3.8, 4) is 0 Å². The van der Waals surface area contributed by atoms with Gasteiger partial charge in [0.15, 0.2) is 0 Å². The number of fused-ring (bicyclic) bond motifs is 1. The average Bonchev–Trinajstić information content (AvgIpc) is 2.93. The lowest BCUT2D eigenvalue weighted by molar-refractivity contribution is -0.122. The number of rotatable bonds is 5. The zero-order chi connectivity index (χ0) is 16.3. The molecule has 0 spiro atoms. The first kappa shape index (κ1) is 18.5. The van der Waals surface area contributed by atoms with E-state index < -0.39 is 0 Å². The smallest absolute Gasteiger partial charge is 0.234 e. The highest BCUT2D eigenvalue weighted by atomic mass is 35.5. The van der Waals surface area contributed by atoms with E-state index in [4.69, 9.17) is 0 Å². The van der Waals surface area contributed by atoms with Gasteiger partial charge in [-0.1, -0.05) is 68.4 Å². The topological polar surface area (TPSA) is 41.1 Å². The standard InChI is InChI=1S/C20H24N2O.ClH/c1-15(2)21-14-19(23)22-20(18-10-4-3-5-11-18)12-16-8-6-7-9-17(16)13-20;/h3-11,15,21H,12-14H2,1-2H3,(H,22,23);1H. The van der Waals surface area contributed by atoms with E-state index in [1.54, 1.807) is 0 Å². The molecular formula is C20H25ClN2O. The van der Waals surface area contributed by atoms with E-state index in [0.717, 1.165) is 12.8 Å². The fourth-order valence-electron chi connectivity index (χ4n) is 3.34. The van der Waals surface area contributed by atoms with Crippen LogP contribution in [0.25, 0.3) is 0 Å². The Hall–Kier alpha value is -1.84. The van der Waals surface area contributed by atoms with Gasteiger partial charge < -0.3 is 10.6 Å². The van der Waals surface area contributed by atoms with Crippen LogP contribution in [-0.4, -0.2) is 18.5 Å². The second kappa shape index (κ2) is 7.82. The Kier molecular flexibility index (Phi) is 6.03. The summed E-state index contributed by atoms with van der Waals surface area (Å²) in [5.74, 6) is 0.0513. The minimum atomic E-state index is -0.333. The summed E-state index contributed by atoms with van der Waals surface area (Å²) in [6.07, 6.45) is 1.70. The summed E-state index contributed by atoms with van der Waals surface area (Å²) in [5.41, 5.74) is 3.50. The molecule has 2 aromatic carbocycles. The first-order valence-electron chi connectivity index (χ1n) is 8.26. The molecular weight excluding hydrogens is 320 g/mol. The minimum absolute atomic E-state index is 0. The largest absolute Gasteiger partial charge is 0.345 e. The van der Waals surface area contributed by atoms with Crippen molar-refractivity contribution in [2.24, 2.45) is 0 Å². The Balaban J connectivity index is 0.00000208. The van der Waals surface area contributed by atoms with Crippen LogP contribution < -0.4 is 10.6 Å².